The molecule has 7 heteroatoms. The highest BCUT2D eigenvalue weighted by Gasteiger charge is 2.74. The van der Waals surface area contributed by atoms with E-state index in [0.29, 0.717) is 12.8 Å². The molecule has 1 heterocycles. The van der Waals surface area contributed by atoms with E-state index in [1.165, 1.54) is 0 Å². The van der Waals surface area contributed by atoms with Crippen LogP contribution in [0.25, 0.3) is 0 Å². The fraction of sp³-hybridized carbons (Fsp3) is 0.759. The average Bonchev–Trinajstić information content (AvgIpc) is 3.40. The first-order chi connectivity index (χ1) is 17.2. The summed E-state index contributed by atoms with van der Waals surface area (Å²) in [6.45, 7) is 3.94. The number of hydrogen-bond donors (Lipinski definition) is 1. The van der Waals surface area contributed by atoms with Gasteiger partial charge in [-0.15, -0.1) is 0 Å². The van der Waals surface area contributed by atoms with E-state index in [1.807, 2.05) is 6.08 Å². The summed E-state index contributed by atoms with van der Waals surface area (Å²) in [4.78, 5) is 38.6. The molecule has 5 fully saturated rings. The minimum absolute atomic E-state index is 0.0144. The van der Waals surface area contributed by atoms with Crippen molar-refractivity contribution in [1.82, 2.24) is 0 Å². The van der Waals surface area contributed by atoms with E-state index in [9.17, 15) is 19.5 Å². The molecule has 0 radical (unpaired) electrons. The van der Waals surface area contributed by atoms with Gasteiger partial charge < -0.3 is 19.3 Å². The number of Topliss-reactive ketones (excluding diaryl/α,β-unsaturated/α-hetero) is 1. The molecule has 7 nitrogen and oxygen atoms in total. The largest absolute Gasteiger partial charge is 0.457 e. The lowest BCUT2D eigenvalue weighted by atomic mass is 9.46. The van der Waals surface area contributed by atoms with Gasteiger partial charge in [0, 0.05) is 16.7 Å². The molecule has 36 heavy (non-hydrogen) atoms. The van der Waals surface area contributed by atoms with Crippen LogP contribution >= 0.6 is 0 Å². The summed E-state index contributed by atoms with van der Waals surface area (Å²) >= 11 is 0. The number of carbonyl (C=O) groups excluding carboxylic acids is 3. The molecule has 0 spiro atoms. The molecule has 196 valence electrons. The Morgan fingerprint density at radius 1 is 1.17 bits per heavy atom. The minimum atomic E-state index is -1.22. The van der Waals surface area contributed by atoms with Crippen LogP contribution in [0.4, 0.5) is 0 Å². The monoisotopic (exact) mass is 498 g/mol. The smallest absolute Gasteiger partial charge is 0.309 e. The predicted octanol–water partition coefficient (Wildman–Crippen LogP) is 3.68. The Morgan fingerprint density at radius 3 is 2.72 bits per heavy atom. The van der Waals surface area contributed by atoms with Gasteiger partial charge in [0.2, 0.25) is 5.78 Å². The number of hydrogen-bond acceptors (Lipinski definition) is 7. The lowest BCUT2D eigenvalue weighted by Crippen LogP contribution is -2.63. The number of ether oxygens (including phenoxy) is 3. The minimum Gasteiger partial charge on any atom is -0.457 e. The Hall–Kier alpha value is -1.83. The van der Waals surface area contributed by atoms with Crippen molar-refractivity contribution >= 4 is 17.5 Å². The predicted molar refractivity (Wildman–Crippen MR) is 129 cm³/mol. The lowest BCUT2D eigenvalue weighted by Gasteiger charge is -2.59. The van der Waals surface area contributed by atoms with Gasteiger partial charge in [0.1, 0.15) is 6.79 Å². The fourth-order valence-electron chi connectivity index (χ4n) is 9.23. The van der Waals surface area contributed by atoms with Crippen LogP contribution < -0.4 is 0 Å². The second-order valence-electron chi connectivity index (χ2n) is 12.5. The first-order valence-corrected chi connectivity index (χ1v) is 13.8. The summed E-state index contributed by atoms with van der Waals surface area (Å²) < 4.78 is 17.8. The van der Waals surface area contributed by atoms with Gasteiger partial charge >= 0.3 is 5.97 Å². The van der Waals surface area contributed by atoms with Gasteiger partial charge in [0.25, 0.3) is 0 Å². The SMILES string of the molecule is C[C@]12C=CC(=O)C=C1CC[C@@H]1C2[C@@H](O)C[C@@]2(C)C1C[C@H]1OCO[C@]12C(=O)COC(=O)C1CCCCC1. The molecule has 4 saturated carbocycles. The van der Waals surface area contributed by atoms with E-state index in [0.717, 1.165) is 50.5 Å². The molecule has 1 N–H and O–H groups in total. The molecule has 2 unspecified atom stereocenters. The fourth-order valence-corrected chi connectivity index (χ4v) is 9.23. The number of fused-ring (bicyclic) bond motifs is 7. The molecule has 0 bridgehead atoms. The summed E-state index contributed by atoms with van der Waals surface area (Å²) in [6, 6.07) is 0. The number of allylic oxidation sites excluding steroid dienone is 4. The van der Waals surface area contributed by atoms with E-state index in [1.54, 1.807) is 12.2 Å². The van der Waals surface area contributed by atoms with Crippen molar-refractivity contribution in [3.8, 4) is 0 Å². The van der Waals surface area contributed by atoms with Crippen LogP contribution in [0.2, 0.25) is 0 Å². The summed E-state index contributed by atoms with van der Waals surface area (Å²) in [5, 5.41) is 11.7. The van der Waals surface area contributed by atoms with E-state index in [-0.39, 0.29) is 60.0 Å². The Bertz CT molecular complexity index is 1020. The standard InChI is InChI=1S/C29H38O7/c1-27-11-10-19(30)12-18(27)8-9-20-21-13-24-29(36-16-35-24,28(21,2)14-22(31)25(20)27)23(32)15-34-26(33)17-6-4-3-5-7-17/h10-12,17,20-22,24-25,31H,3-9,13-16H2,1-2H3/t20-,21?,22-,24+,25?,27-,28-,29+/m0/s1. The van der Waals surface area contributed by atoms with Crippen molar-refractivity contribution in [1.29, 1.82) is 0 Å². The first kappa shape index (κ1) is 24.5. The maximum absolute atomic E-state index is 13.9. The summed E-state index contributed by atoms with van der Waals surface area (Å²) in [5.74, 6) is -0.363. The molecular weight excluding hydrogens is 460 g/mol. The number of carbonyl (C=O) groups is 3. The molecule has 1 saturated heterocycles. The zero-order valence-corrected chi connectivity index (χ0v) is 21.4. The molecule has 6 rings (SSSR count). The van der Waals surface area contributed by atoms with E-state index in [2.05, 4.69) is 13.8 Å². The molecule has 0 aromatic carbocycles. The van der Waals surface area contributed by atoms with Gasteiger partial charge in [-0.1, -0.05) is 44.8 Å². The van der Waals surface area contributed by atoms with Crippen molar-refractivity contribution in [2.75, 3.05) is 13.4 Å². The van der Waals surface area contributed by atoms with E-state index >= 15 is 0 Å². The normalized spacial score (nSPS) is 45.8. The van der Waals surface area contributed by atoms with Crippen LogP contribution in [0.5, 0.6) is 0 Å². The van der Waals surface area contributed by atoms with E-state index in [4.69, 9.17) is 14.2 Å². The number of rotatable bonds is 4. The zero-order chi connectivity index (χ0) is 25.3. The Balaban J connectivity index is 1.27. The number of aliphatic hydroxyl groups excluding tert-OH is 1. The summed E-state index contributed by atoms with van der Waals surface area (Å²) in [5.41, 5.74) is -1.12. The quantitative estimate of drug-likeness (QED) is 0.591. The Labute approximate surface area is 212 Å². The van der Waals surface area contributed by atoms with Gasteiger partial charge in [0.15, 0.2) is 18.0 Å². The summed E-state index contributed by atoms with van der Waals surface area (Å²) in [6.07, 6.45) is 11.9. The Morgan fingerprint density at radius 2 is 1.94 bits per heavy atom. The van der Waals surface area contributed by atoms with Crippen LogP contribution in [0.3, 0.4) is 0 Å². The second-order valence-corrected chi connectivity index (χ2v) is 12.5. The van der Waals surface area contributed by atoms with Crippen molar-refractivity contribution in [3.63, 3.8) is 0 Å². The molecule has 0 aromatic heterocycles. The van der Waals surface area contributed by atoms with Crippen LogP contribution in [0, 0.1) is 34.5 Å². The summed E-state index contributed by atoms with van der Waals surface area (Å²) in [7, 11) is 0. The third-order valence-corrected chi connectivity index (χ3v) is 10.9. The molecule has 1 aliphatic heterocycles. The second kappa shape index (κ2) is 8.60. The highest BCUT2D eigenvalue weighted by Crippen LogP contribution is 2.69. The van der Waals surface area contributed by atoms with Crippen LogP contribution in [-0.4, -0.2) is 53.9 Å². The number of ketones is 2. The van der Waals surface area contributed by atoms with Crippen LogP contribution in [0.1, 0.15) is 71.6 Å². The van der Waals surface area contributed by atoms with E-state index < -0.39 is 23.2 Å². The highest BCUT2D eigenvalue weighted by atomic mass is 16.7. The van der Waals surface area contributed by atoms with Gasteiger partial charge in [-0.25, -0.2) is 0 Å². The molecule has 6 aliphatic rings. The van der Waals surface area contributed by atoms with Crippen molar-refractivity contribution in [3.05, 3.63) is 23.8 Å². The maximum atomic E-state index is 13.9. The molecule has 0 aromatic rings. The number of esters is 1. The van der Waals surface area contributed by atoms with Gasteiger partial charge in [-0.3, -0.25) is 14.4 Å². The lowest BCUT2D eigenvalue weighted by molar-refractivity contribution is -0.188. The van der Waals surface area contributed by atoms with Gasteiger partial charge in [-0.2, -0.15) is 0 Å². The molecule has 8 atom stereocenters. The topological polar surface area (TPSA) is 99.1 Å². The molecule has 0 amide bonds. The van der Waals surface area contributed by atoms with Gasteiger partial charge in [-0.05, 0) is 62.5 Å². The van der Waals surface area contributed by atoms with Crippen LogP contribution in [-0.2, 0) is 28.6 Å². The Kier molecular flexibility index (Phi) is 5.86. The van der Waals surface area contributed by atoms with Crippen molar-refractivity contribution in [2.24, 2.45) is 34.5 Å². The third kappa shape index (κ3) is 3.31. The third-order valence-electron chi connectivity index (χ3n) is 10.9. The zero-order valence-electron chi connectivity index (χ0n) is 21.4. The van der Waals surface area contributed by atoms with Crippen molar-refractivity contribution in [2.45, 2.75) is 89.4 Å². The van der Waals surface area contributed by atoms with Crippen LogP contribution in [0.15, 0.2) is 23.8 Å². The average molecular weight is 499 g/mol. The van der Waals surface area contributed by atoms with Crippen molar-refractivity contribution < 1.29 is 33.7 Å². The first-order valence-electron chi connectivity index (χ1n) is 13.8. The molecular formula is C29H38O7. The van der Waals surface area contributed by atoms with Gasteiger partial charge in [0.05, 0.1) is 18.1 Å². The highest BCUT2D eigenvalue weighted by molar-refractivity contribution is 6.01. The molecule has 5 aliphatic carbocycles. The maximum Gasteiger partial charge on any atom is 0.309 e. The number of aliphatic hydroxyl groups is 1.